The van der Waals surface area contributed by atoms with Crippen molar-refractivity contribution in [3.63, 3.8) is 0 Å². The lowest BCUT2D eigenvalue weighted by Crippen LogP contribution is -2.45. The highest BCUT2D eigenvalue weighted by Crippen LogP contribution is 2.30. The normalized spacial score (nSPS) is 21.6. The van der Waals surface area contributed by atoms with Crippen molar-refractivity contribution >= 4 is 5.88 Å². The van der Waals surface area contributed by atoms with Gasteiger partial charge in [-0.3, -0.25) is 0 Å². The Balaban J connectivity index is 1.95. The molecule has 2 aromatic rings. The third-order valence-electron chi connectivity index (χ3n) is 3.72. The molecule has 2 heterocycles. The van der Waals surface area contributed by atoms with Crippen LogP contribution < -0.4 is 4.90 Å². The van der Waals surface area contributed by atoms with Crippen molar-refractivity contribution in [1.29, 1.82) is 5.26 Å². The molecule has 0 aliphatic carbocycles. The number of hydrogen-bond acceptors (Lipinski definition) is 5. The number of ether oxygens (including phenoxy) is 1. The maximum atomic E-state index is 9.35. The van der Waals surface area contributed by atoms with Gasteiger partial charge in [0.25, 0.3) is 0 Å². The number of anilines is 1. The molecule has 3 rings (SSSR count). The van der Waals surface area contributed by atoms with Crippen molar-refractivity contribution < 1.29 is 9.15 Å². The molecule has 1 aliphatic rings. The minimum Gasteiger partial charge on any atom is -0.419 e. The molecule has 1 aromatic heterocycles. The monoisotopic (exact) mass is 297 g/mol. The van der Waals surface area contributed by atoms with Gasteiger partial charge in [0.2, 0.25) is 17.5 Å². The second-order valence-corrected chi connectivity index (χ2v) is 5.81. The zero-order valence-electron chi connectivity index (χ0n) is 13.0. The summed E-state index contributed by atoms with van der Waals surface area (Å²) in [4.78, 5) is 6.39. The van der Waals surface area contributed by atoms with Gasteiger partial charge in [0.15, 0.2) is 0 Å². The summed E-state index contributed by atoms with van der Waals surface area (Å²) in [6.45, 7) is 7.46. The van der Waals surface area contributed by atoms with Crippen LogP contribution in [0.25, 0.3) is 11.5 Å². The number of aromatic nitrogens is 1. The molecular weight excluding hydrogens is 278 g/mol. The van der Waals surface area contributed by atoms with Crippen molar-refractivity contribution in [2.45, 2.75) is 33.0 Å². The van der Waals surface area contributed by atoms with Crippen LogP contribution in [0.4, 0.5) is 5.88 Å². The number of morpholine rings is 1. The Morgan fingerprint density at radius 3 is 2.41 bits per heavy atom. The van der Waals surface area contributed by atoms with Crippen LogP contribution in [0.2, 0.25) is 0 Å². The predicted molar refractivity (Wildman–Crippen MR) is 83.6 cm³/mol. The van der Waals surface area contributed by atoms with Crippen LogP contribution >= 0.6 is 0 Å². The lowest BCUT2D eigenvalue weighted by molar-refractivity contribution is -0.00638. The zero-order chi connectivity index (χ0) is 15.7. The smallest absolute Gasteiger partial charge is 0.235 e. The SMILES string of the molecule is Cc1ccc(-c2nc(C#N)c(N3CC(C)OC(C)C3)o2)cc1. The van der Waals surface area contributed by atoms with E-state index in [4.69, 9.17) is 9.15 Å². The van der Waals surface area contributed by atoms with E-state index in [0.29, 0.717) is 30.6 Å². The number of rotatable bonds is 2. The van der Waals surface area contributed by atoms with Crippen molar-refractivity contribution in [3.05, 3.63) is 35.5 Å². The maximum absolute atomic E-state index is 9.35. The largest absolute Gasteiger partial charge is 0.419 e. The first kappa shape index (κ1) is 14.6. The van der Waals surface area contributed by atoms with Crippen LogP contribution in [-0.2, 0) is 4.74 Å². The number of nitriles is 1. The van der Waals surface area contributed by atoms with Gasteiger partial charge >= 0.3 is 0 Å². The van der Waals surface area contributed by atoms with Crippen LogP contribution in [-0.4, -0.2) is 30.3 Å². The second kappa shape index (κ2) is 5.82. The molecule has 2 unspecified atom stereocenters. The first-order chi connectivity index (χ1) is 10.6. The van der Waals surface area contributed by atoms with Gasteiger partial charge in [-0.2, -0.15) is 10.2 Å². The minimum absolute atomic E-state index is 0.100. The molecule has 22 heavy (non-hydrogen) atoms. The van der Waals surface area contributed by atoms with Crippen LogP contribution in [0.1, 0.15) is 25.1 Å². The van der Waals surface area contributed by atoms with Crippen LogP contribution in [0.3, 0.4) is 0 Å². The molecular formula is C17H19N3O2. The fraction of sp³-hybridized carbons (Fsp3) is 0.412. The first-order valence-electron chi connectivity index (χ1n) is 7.45. The molecule has 0 spiro atoms. The maximum Gasteiger partial charge on any atom is 0.235 e. The molecule has 1 aromatic carbocycles. The average Bonchev–Trinajstić information content (AvgIpc) is 2.91. The number of benzene rings is 1. The summed E-state index contributed by atoms with van der Waals surface area (Å²) in [6, 6.07) is 10.1. The van der Waals surface area contributed by atoms with Crippen molar-refractivity contribution in [3.8, 4) is 17.5 Å². The lowest BCUT2D eigenvalue weighted by atomic mass is 10.1. The van der Waals surface area contributed by atoms with Crippen molar-refractivity contribution in [2.24, 2.45) is 0 Å². The average molecular weight is 297 g/mol. The highest BCUT2D eigenvalue weighted by atomic mass is 16.5. The van der Waals surface area contributed by atoms with E-state index in [1.807, 2.05) is 49.9 Å². The molecule has 1 fully saturated rings. The standard InChI is InChI=1S/C17H19N3O2/c1-11-4-6-14(7-5-11)16-19-15(8-18)17(22-16)20-9-12(2)21-13(3)10-20/h4-7,12-13H,9-10H2,1-3H3. The third-order valence-corrected chi connectivity index (χ3v) is 3.72. The molecule has 1 saturated heterocycles. The van der Waals surface area contributed by atoms with Gasteiger partial charge in [-0.25, -0.2) is 0 Å². The number of nitrogens with zero attached hydrogens (tertiary/aromatic N) is 3. The summed E-state index contributed by atoms with van der Waals surface area (Å²) in [5.41, 5.74) is 2.38. The van der Waals surface area contributed by atoms with Crippen molar-refractivity contribution in [1.82, 2.24) is 4.98 Å². The van der Waals surface area contributed by atoms with E-state index >= 15 is 0 Å². The fourth-order valence-electron chi connectivity index (χ4n) is 2.76. The lowest BCUT2D eigenvalue weighted by Gasteiger charge is -2.34. The highest BCUT2D eigenvalue weighted by molar-refractivity contribution is 5.60. The zero-order valence-corrected chi connectivity index (χ0v) is 13.0. The Morgan fingerprint density at radius 1 is 1.18 bits per heavy atom. The Morgan fingerprint density at radius 2 is 1.82 bits per heavy atom. The van der Waals surface area contributed by atoms with E-state index in [1.54, 1.807) is 0 Å². The summed E-state index contributed by atoms with van der Waals surface area (Å²) in [7, 11) is 0. The summed E-state index contributed by atoms with van der Waals surface area (Å²) in [6.07, 6.45) is 0.200. The van der Waals surface area contributed by atoms with Crippen LogP contribution in [0.15, 0.2) is 28.7 Å². The van der Waals surface area contributed by atoms with E-state index in [1.165, 1.54) is 5.56 Å². The molecule has 5 heteroatoms. The quantitative estimate of drug-likeness (QED) is 0.852. The Bertz CT molecular complexity index is 690. The minimum atomic E-state index is 0.100. The molecule has 5 nitrogen and oxygen atoms in total. The van der Waals surface area contributed by atoms with Gasteiger partial charge in [0, 0.05) is 18.7 Å². The topological polar surface area (TPSA) is 62.3 Å². The number of aryl methyl sites for hydroxylation is 1. The fourth-order valence-corrected chi connectivity index (χ4v) is 2.76. The third kappa shape index (κ3) is 2.83. The first-order valence-corrected chi connectivity index (χ1v) is 7.45. The van der Waals surface area contributed by atoms with E-state index < -0.39 is 0 Å². The second-order valence-electron chi connectivity index (χ2n) is 5.81. The molecule has 1 aliphatic heterocycles. The molecule has 0 amide bonds. The summed E-state index contributed by atoms with van der Waals surface area (Å²) in [5.74, 6) is 1.03. The van der Waals surface area contributed by atoms with E-state index in [2.05, 4.69) is 11.1 Å². The van der Waals surface area contributed by atoms with Crippen molar-refractivity contribution in [2.75, 3.05) is 18.0 Å². The highest BCUT2D eigenvalue weighted by Gasteiger charge is 2.28. The summed E-state index contributed by atoms with van der Waals surface area (Å²) >= 11 is 0. The van der Waals surface area contributed by atoms with Crippen LogP contribution in [0, 0.1) is 18.3 Å². The van der Waals surface area contributed by atoms with E-state index in [9.17, 15) is 5.26 Å². The summed E-state index contributed by atoms with van der Waals surface area (Å²) in [5, 5.41) is 9.35. The van der Waals surface area contributed by atoms with Gasteiger partial charge in [-0.05, 0) is 32.9 Å². The summed E-state index contributed by atoms with van der Waals surface area (Å²) < 4.78 is 11.6. The molecule has 0 radical (unpaired) electrons. The predicted octanol–water partition coefficient (Wildman–Crippen LogP) is 3.14. The Kier molecular flexibility index (Phi) is 3.86. The Hall–Kier alpha value is -2.32. The van der Waals surface area contributed by atoms with Gasteiger partial charge in [-0.1, -0.05) is 17.7 Å². The van der Waals surface area contributed by atoms with Gasteiger partial charge in [0.1, 0.15) is 6.07 Å². The van der Waals surface area contributed by atoms with E-state index in [0.717, 1.165) is 5.56 Å². The molecule has 114 valence electrons. The van der Waals surface area contributed by atoms with E-state index in [-0.39, 0.29) is 12.2 Å². The Labute approximate surface area is 130 Å². The van der Waals surface area contributed by atoms with Crippen LogP contribution in [0.5, 0.6) is 0 Å². The van der Waals surface area contributed by atoms with Gasteiger partial charge in [-0.15, -0.1) is 0 Å². The molecule has 0 bridgehead atoms. The molecule has 2 atom stereocenters. The molecule has 0 N–H and O–H groups in total. The number of hydrogen-bond donors (Lipinski definition) is 0. The van der Waals surface area contributed by atoms with Gasteiger partial charge in [0.05, 0.1) is 12.2 Å². The molecule has 0 saturated carbocycles. The number of oxazole rings is 1. The van der Waals surface area contributed by atoms with Gasteiger partial charge < -0.3 is 14.1 Å².